The lowest BCUT2D eigenvalue weighted by atomic mass is 10.0. The monoisotopic (exact) mass is 438 g/mol. The van der Waals surface area contributed by atoms with Crippen molar-refractivity contribution in [2.75, 3.05) is 5.32 Å². The SMILES string of the molecule is CCCCc1ccc(NC(=S)NCc2cccc(I)c2)c(C)c1. The van der Waals surface area contributed by atoms with Crippen LogP contribution in [0.4, 0.5) is 5.69 Å². The van der Waals surface area contributed by atoms with E-state index in [0.717, 1.165) is 18.7 Å². The minimum atomic E-state index is 0.660. The number of hydrogen-bond acceptors (Lipinski definition) is 1. The molecule has 0 atom stereocenters. The predicted octanol–water partition coefficient (Wildman–Crippen LogP) is 5.43. The first-order chi connectivity index (χ1) is 11.1. The first kappa shape index (κ1) is 18.2. The summed E-state index contributed by atoms with van der Waals surface area (Å²) >= 11 is 7.73. The molecule has 23 heavy (non-hydrogen) atoms. The van der Waals surface area contributed by atoms with E-state index in [1.807, 2.05) is 0 Å². The van der Waals surface area contributed by atoms with Gasteiger partial charge in [0.1, 0.15) is 0 Å². The molecule has 0 spiro atoms. The third kappa shape index (κ3) is 6.11. The maximum absolute atomic E-state index is 5.41. The lowest BCUT2D eigenvalue weighted by molar-refractivity contribution is 0.794. The van der Waals surface area contributed by atoms with Crippen molar-refractivity contribution in [3.05, 3.63) is 62.7 Å². The van der Waals surface area contributed by atoms with E-state index >= 15 is 0 Å². The number of rotatable bonds is 6. The van der Waals surface area contributed by atoms with Crippen LogP contribution >= 0.6 is 34.8 Å². The Morgan fingerprint density at radius 1 is 1.13 bits per heavy atom. The van der Waals surface area contributed by atoms with Crippen molar-refractivity contribution in [3.8, 4) is 0 Å². The highest BCUT2D eigenvalue weighted by Gasteiger charge is 2.03. The summed E-state index contributed by atoms with van der Waals surface area (Å²) in [5.74, 6) is 0. The van der Waals surface area contributed by atoms with E-state index in [-0.39, 0.29) is 0 Å². The van der Waals surface area contributed by atoms with Crippen LogP contribution in [-0.4, -0.2) is 5.11 Å². The van der Waals surface area contributed by atoms with Gasteiger partial charge in [0.15, 0.2) is 5.11 Å². The first-order valence-corrected chi connectivity index (χ1v) is 9.46. The second kappa shape index (κ2) is 9.23. The number of unbranched alkanes of at least 4 members (excludes halogenated alkanes) is 1. The third-order valence-corrected chi connectivity index (χ3v) is 4.62. The summed E-state index contributed by atoms with van der Waals surface area (Å²) in [6.07, 6.45) is 3.61. The quantitative estimate of drug-likeness (QED) is 0.465. The van der Waals surface area contributed by atoms with Gasteiger partial charge in [0.25, 0.3) is 0 Å². The Morgan fingerprint density at radius 3 is 2.65 bits per heavy atom. The normalized spacial score (nSPS) is 10.4. The molecule has 0 saturated heterocycles. The summed E-state index contributed by atoms with van der Waals surface area (Å²) in [4.78, 5) is 0. The molecule has 0 fully saturated rings. The van der Waals surface area contributed by atoms with Crippen molar-refractivity contribution in [2.45, 2.75) is 39.7 Å². The van der Waals surface area contributed by atoms with E-state index in [1.165, 1.54) is 33.1 Å². The molecule has 122 valence electrons. The number of nitrogens with one attached hydrogen (secondary N) is 2. The summed E-state index contributed by atoms with van der Waals surface area (Å²) in [5, 5.41) is 7.23. The Bertz CT molecular complexity index is 670. The molecule has 0 amide bonds. The van der Waals surface area contributed by atoms with Crippen LogP contribution in [0.1, 0.15) is 36.5 Å². The number of hydrogen-bond donors (Lipinski definition) is 2. The molecule has 0 aliphatic rings. The van der Waals surface area contributed by atoms with Gasteiger partial charge in [0.2, 0.25) is 0 Å². The van der Waals surface area contributed by atoms with E-state index in [4.69, 9.17) is 12.2 Å². The maximum Gasteiger partial charge on any atom is 0.171 e. The van der Waals surface area contributed by atoms with Crippen LogP contribution in [0.15, 0.2) is 42.5 Å². The number of aryl methyl sites for hydroxylation is 2. The van der Waals surface area contributed by atoms with Crippen molar-refractivity contribution in [1.82, 2.24) is 5.32 Å². The van der Waals surface area contributed by atoms with E-state index < -0.39 is 0 Å². The molecule has 0 aliphatic heterocycles. The molecule has 0 unspecified atom stereocenters. The highest BCUT2D eigenvalue weighted by atomic mass is 127. The number of thiocarbonyl (C=S) groups is 1. The van der Waals surface area contributed by atoms with Crippen molar-refractivity contribution in [2.24, 2.45) is 0 Å². The van der Waals surface area contributed by atoms with E-state index in [9.17, 15) is 0 Å². The highest BCUT2D eigenvalue weighted by Crippen LogP contribution is 2.18. The van der Waals surface area contributed by atoms with Crippen LogP contribution in [0.3, 0.4) is 0 Å². The summed E-state index contributed by atoms with van der Waals surface area (Å²) in [7, 11) is 0. The molecule has 0 aliphatic carbocycles. The Morgan fingerprint density at radius 2 is 1.96 bits per heavy atom. The van der Waals surface area contributed by atoms with Crippen molar-refractivity contribution in [3.63, 3.8) is 0 Å². The topological polar surface area (TPSA) is 24.1 Å². The molecular weight excluding hydrogens is 415 g/mol. The predicted molar refractivity (Wildman–Crippen MR) is 112 cm³/mol. The highest BCUT2D eigenvalue weighted by molar-refractivity contribution is 14.1. The van der Waals surface area contributed by atoms with Gasteiger partial charge >= 0.3 is 0 Å². The van der Waals surface area contributed by atoms with Crippen LogP contribution in [0.2, 0.25) is 0 Å². The van der Waals surface area contributed by atoms with Crippen molar-refractivity contribution < 1.29 is 0 Å². The molecule has 0 radical (unpaired) electrons. The number of halogens is 1. The molecule has 4 heteroatoms. The van der Waals surface area contributed by atoms with E-state index in [1.54, 1.807) is 0 Å². The van der Waals surface area contributed by atoms with Crippen LogP contribution < -0.4 is 10.6 Å². The third-order valence-electron chi connectivity index (χ3n) is 3.70. The number of anilines is 1. The van der Waals surface area contributed by atoms with Gasteiger partial charge in [-0.15, -0.1) is 0 Å². The van der Waals surface area contributed by atoms with Crippen LogP contribution in [0.5, 0.6) is 0 Å². The Balaban J connectivity index is 1.89. The summed E-state index contributed by atoms with van der Waals surface area (Å²) in [6.45, 7) is 5.08. The Labute approximate surface area is 158 Å². The van der Waals surface area contributed by atoms with Gasteiger partial charge in [-0.1, -0.05) is 37.6 Å². The Hall–Kier alpha value is -1.14. The molecule has 2 N–H and O–H groups in total. The Kier molecular flexibility index (Phi) is 7.30. The molecule has 0 aromatic heterocycles. The zero-order valence-corrected chi connectivity index (χ0v) is 16.6. The summed E-state index contributed by atoms with van der Waals surface area (Å²) < 4.78 is 1.24. The fourth-order valence-electron chi connectivity index (χ4n) is 2.40. The van der Waals surface area contributed by atoms with Gasteiger partial charge in [0.05, 0.1) is 0 Å². The average Bonchev–Trinajstić information content (AvgIpc) is 2.53. The van der Waals surface area contributed by atoms with E-state index in [0.29, 0.717) is 5.11 Å². The van der Waals surface area contributed by atoms with Gasteiger partial charge < -0.3 is 10.6 Å². The van der Waals surface area contributed by atoms with Crippen molar-refractivity contribution >= 4 is 45.6 Å². The zero-order valence-electron chi connectivity index (χ0n) is 13.7. The number of benzene rings is 2. The molecule has 0 heterocycles. The van der Waals surface area contributed by atoms with E-state index in [2.05, 4.69) is 89.5 Å². The lowest BCUT2D eigenvalue weighted by Crippen LogP contribution is -2.28. The summed E-state index contributed by atoms with van der Waals surface area (Å²) in [5.41, 5.74) is 4.93. The molecule has 0 bridgehead atoms. The van der Waals surface area contributed by atoms with Gasteiger partial charge in [-0.25, -0.2) is 0 Å². The van der Waals surface area contributed by atoms with Crippen molar-refractivity contribution in [1.29, 1.82) is 0 Å². The maximum atomic E-state index is 5.41. The second-order valence-corrected chi connectivity index (χ2v) is 7.34. The van der Waals surface area contributed by atoms with Crippen LogP contribution in [-0.2, 0) is 13.0 Å². The molecule has 2 aromatic carbocycles. The van der Waals surface area contributed by atoms with Gasteiger partial charge in [-0.3, -0.25) is 0 Å². The largest absolute Gasteiger partial charge is 0.358 e. The molecular formula is C19H23IN2S. The minimum absolute atomic E-state index is 0.660. The summed E-state index contributed by atoms with van der Waals surface area (Å²) in [6, 6.07) is 15.0. The molecule has 0 saturated carbocycles. The smallest absolute Gasteiger partial charge is 0.171 e. The molecule has 2 rings (SSSR count). The lowest BCUT2D eigenvalue weighted by Gasteiger charge is -2.14. The molecule has 2 aromatic rings. The van der Waals surface area contributed by atoms with Gasteiger partial charge in [-0.2, -0.15) is 0 Å². The standard InChI is InChI=1S/C19H23IN2S/c1-3-4-6-15-9-10-18(14(2)11-15)22-19(23)21-13-16-7-5-8-17(20)12-16/h5,7-12H,3-4,6,13H2,1-2H3,(H2,21,22,23). The van der Waals surface area contributed by atoms with Crippen LogP contribution in [0, 0.1) is 10.5 Å². The van der Waals surface area contributed by atoms with Gasteiger partial charge in [0, 0.05) is 15.8 Å². The fraction of sp³-hybridized carbons (Fsp3) is 0.316. The average molecular weight is 438 g/mol. The zero-order chi connectivity index (χ0) is 16.7. The van der Waals surface area contributed by atoms with Crippen LogP contribution in [0.25, 0.3) is 0 Å². The minimum Gasteiger partial charge on any atom is -0.358 e. The van der Waals surface area contributed by atoms with Gasteiger partial charge in [-0.05, 0) is 89.5 Å². The molecule has 2 nitrogen and oxygen atoms in total. The fourth-order valence-corrected chi connectivity index (χ4v) is 3.19. The first-order valence-electron chi connectivity index (χ1n) is 7.97. The second-order valence-electron chi connectivity index (χ2n) is 5.69.